The number of aromatic amines is 4. The van der Waals surface area contributed by atoms with E-state index in [1.165, 1.54) is 196 Å². The van der Waals surface area contributed by atoms with Crippen molar-refractivity contribution in [3.63, 3.8) is 0 Å². The van der Waals surface area contributed by atoms with Gasteiger partial charge in [-0.15, -0.1) is 0 Å². The summed E-state index contributed by atoms with van der Waals surface area (Å²) in [6.07, 6.45) is 23.3. The molecule has 12 aliphatic rings. The maximum absolute atomic E-state index is 14.3. The minimum absolute atomic E-state index is 0.000889. The molecule has 8 aliphatic carbocycles. The highest BCUT2D eigenvalue weighted by atomic mass is 79.9. The molecule has 0 radical (unpaired) electrons. The summed E-state index contributed by atoms with van der Waals surface area (Å²) in [5.41, 5.74) is 17.5. The highest BCUT2D eigenvalue weighted by molar-refractivity contribution is 9.10. The Bertz CT molecular complexity index is 4510. The lowest BCUT2D eigenvalue weighted by Gasteiger charge is -2.28. The summed E-state index contributed by atoms with van der Waals surface area (Å²) in [7, 11) is 0. The molecule has 0 bridgehead atoms. The minimum atomic E-state index is -0.687. The van der Waals surface area contributed by atoms with Crippen molar-refractivity contribution < 1.29 is 36.7 Å². The van der Waals surface area contributed by atoms with E-state index in [1.54, 1.807) is 47.1 Å². The fraction of sp³-hybridized carbons (Fsp3) is 0.474. The third-order valence-corrected chi connectivity index (χ3v) is 26.4. The molecular formula is C78H83BrClF4N17O4. The van der Waals surface area contributed by atoms with Gasteiger partial charge in [-0.05, 0) is 190 Å². The smallest absolute Gasteiger partial charge is 0.320 e. The molecule has 21 nitrogen and oxygen atoms in total. The van der Waals surface area contributed by atoms with Gasteiger partial charge in [0, 0.05) is 136 Å². The number of amides is 8. The van der Waals surface area contributed by atoms with E-state index in [0.29, 0.717) is 79.5 Å². The van der Waals surface area contributed by atoms with Gasteiger partial charge in [0.1, 0.15) is 17.5 Å². The van der Waals surface area contributed by atoms with Gasteiger partial charge in [-0.3, -0.25) is 20.4 Å². The van der Waals surface area contributed by atoms with Crippen LogP contribution in [0.25, 0.3) is 4.85 Å². The molecule has 0 spiro atoms. The largest absolute Gasteiger partial charge is 0.322 e. The van der Waals surface area contributed by atoms with Crippen LogP contribution in [0.2, 0.25) is 5.02 Å². The van der Waals surface area contributed by atoms with Crippen molar-refractivity contribution in [3.8, 4) is 0 Å². The molecule has 8 saturated carbocycles. The number of nitrogens with zero attached hydrogens (tertiary/aromatic N) is 9. The Kier molecular flexibility index (Phi) is 17.7. The number of aromatic nitrogens is 8. The SMILES string of the molecule is Cc1cc(NC(=O)N2CCc3[nH]nc(C45CCCC4C5)c3C2)ccc1F.O=C(Nc1ccc(F)c(Br)c1)N1CCc2[nH]nc(C34CCCC3C4)c2C1.O=C(Nc1ccc(F)c(Cl)c1)N1CCc2[nH]nc(C34CCCC3C4)c2C1.[C-]#[N+]c1cccc(NC(=O)N2CCc3[nH]nc(C45CCCC4C5)c3C2)c1F. The third-order valence-electron chi connectivity index (χ3n) is 25.5. The maximum atomic E-state index is 14.3. The fourth-order valence-corrected chi connectivity index (χ4v) is 20.0. The van der Waals surface area contributed by atoms with Crippen LogP contribution in [0.15, 0.2) is 77.3 Å². The summed E-state index contributed by atoms with van der Waals surface area (Å²) < 4.78 is 54.7. The number of rotatable bonds is 8. The molecule has 27 heteroatoms. The Labute approximate surface area is 618 Å². The molecule has 8 heterocycles. The number of fused-ring (bicyclic) bond motifs is 8. The topological polar surface area (TPSA) is 248 Å². The highest BCUT2D eigenvalue weighted by Crippen LogP contribution is 2.68. The van der Waals surface area contributed by atoms with E-state index in [9.17, 15) is 36.7 Å². The first kappa shape index (κ1) is 68.9. The Balaban J connectivity index is 0.000000103. The lowest BCUT2D eigenvalue weighted by molar-refractivity contribution is 0.205. The molecule has 8 atom stereocenters. The third kappa shape index (κ3) is 12.7. The van der Waals surface area contributed by atoms with Gasteiger partial charge in [0.05, 0.1) is 70.7 Å². The number of anilines is 4. The number of carbonyl (C=O) groups is 4. The molecule has 4 aromatic carbocycles. The van der Waals surface area contributed by atoms with Crippen molar-refractivity contribution in [2.24, 2.45) is 23.7 Å². The number of carbonyl (C=O) groups excluding carboxylic acids is 4. The molecule has 4 aliphatic heterocycles. The molecule has 8 fully saturated rings. The molecule has 20 rings (SSSR count). The summed E-state index contributed by atoms with van der Waals surface area (Å²) >= 11 is 8.95. The van der Waals surface area contributed by atoms with Crippen molar-refractivity contribution >= 4 is 80.1 Å². The monoisotopic (exact) mass is 1510 g/mol. The van der Waals surface area contributed by atoms with Crippen LogP contribution in [0, 0.1) is 60.4 Å². The van der Waals surface area contributed by atoms with Crippen molar-refractivity contribution in [1.29, 1.82) is 0 Å². The molecule has 105 heavy (non-hydrogen) atoms. The van der Waals surface area contributed by atoms with Crippen molar-refractivity contribution in [1.82, 2.24) is 60.4 Å². The Hall–Kier alpha value is -9.22. The van der Waals surface area contributed by atoms with E-state index in [-0.39, 0.29) is 73.8 Å². The predicted octanol–water partition coefficient (Wildman–Crippen LogP) is 16.6. The highest BCUT2D eigenvalue weighted by Gasteiger charge is 2.63. The van der Waals surface area contributed by atoms with Crippen LogP contribution >= 0.6 is 27.5 Å². The molecule has 8 amide bonds. The second-order valence-corrected chi connectivity index (χ2v) is 32.6. The first-order chi connectivity index (χ1) is 50.8. The van der Waals surface area contributed by atoms with Gasteiger partial charge in [0.25, 0.3) is 0 Å². The lowest BCUT2D eigenvalue weighted by Crippen LogP contribution is -2.39. The summed E-state index contributed by atoms with van der Waals surface area (Å²) in [6.45, 7) is 13.4. The van der Waals surface area contributed by atoms with Crippen molar-refractivity contribution in [2.75, 3.05) is 47.4 Å². The Morgan fingerprint density at radius 1 is 0.495 bits per heavy atom. The molecule has 8 aromatic rings. The fourth-order valence-electron chi connectivity index (χ4n) is 19.4. The van der Waals surface area contributed by atoms with E-state index in [0.717, 1.165) is 66.3 Å². The van der Waals surface area contributed by atoms with Crippen LogP contribution in [-0.2, 0) is 73.5 Å². The van der Waals surface area contributed by atoms with Gasteiger partial charge in [0.15, 0.2) is 5.82 Å². The van der Waals surface area contributed by atoms with Crippen LogP contribution in [-0.4, -0.2) is 111 Å². The van der Waals surface area contributed by atoms with Crippen LogP contribution in [0.3, 0.4) is 0 Å². The zero-order chi connectivity index (χ0) is 72.3. The van der Waals surface area contributed by atoms with Crippen LogP contribution in [0.5, 0.6) is 0 Å². The summed E-state index contributed by atoms with van der Waals surface area (Å²) in [6, 6.07) is 17.0. The molecular weight excluding hydrogens is 1430 g/mol. The van der Waals surface area contributed by atoms with Gasteiger partial charge >= 0.3 is 24.1 Å². The number of nitrogens with one attached hydrogen (secondary N) is 8. The van der Waals surface area contributed by atoms with E-state index in [2.05, 4.69) is 82.8 Å². The number of aryl methyl sites for hydroxylation is 1. The van der Waals surface area contributed by atoms with Gasteiger partial charge in [0.2, 0.25) is 5.69 Å². The van der Waals surface area contributed by atoms with Gasteiger partial charge < -0.3 is 40.9 Å². The normalized spacial score (nSPS) is 26.2. The first-order valence-electron chi connectivity index (χ1n) is 37.1. The standard InChI is InChI=1S/C20H20FN5O.C20H23FN4O.C19H20BrFN4O.C19H20ClFN4O/c1-22-15-5-2-6-16(17(15)21)23-19(27)26-9-7-14-13(11-26)18(25-24-14)20-8-3-4-12(20)10-20;1-12-9-14(4-5-16(12)21)22-19(26)25-8-6-17-15(11-25)18(24-23-17)20-7-2-3-13(20)10-20;2*20-14-8-12(3-4-15(14)21)22-18(26)25-7-5-16-13(10-25)17(24-23-16)19-6-1-2-11(19)9-19/h2,5-6,12H,3-4,7-11H2,(H,23,27)(H,24,25);4-5,9,13H,2-3,6-8,10-11H2,1H3,(H,22,26)(H,23,24);2*3-4,8,11H,1-2,5-7,9-10H2,(H,22,26)(H,23,24). The number of hydrogen-bond acceptors (Lipinski definition) is 8. The zero-order valence-electron chi connectivity index (χ0n) is 58.5. The zero-order valence-corrected chi connectivity index (χ0v) is 60.8. The van der Waals surface area contributed by atoms with Gasteiger partial charge in [-0.1, -0.05) is 49.4 Å². The molecule has 8 N–H and O–H groups in total. The number of H-pyrrole nitrogens is 4. The van der Waals surface area contributed by atoms with E-state index in [1.807, 2.05) is 9.80 Å². The Morgan fingerprint density at radius 2 is 0.848 bits per heavy atom. The predicted molar refractivity (Wildman–Crippen MR) is 391 cm³/mol. The summed E-state index contributed by atoms with van der Waals surface area (Å²) in [5, 5.41) is 42.7. The molecule has 4 aromatic heterocycles. The average molecular weight is 1510 g/mol. The van der Waals surface area contributed by atoms with E-state index < -0.39 is 11.6 Å². The van der Waals surface area contributed by atoms with Crippen LogP contribution in [0.1, 0.15) is 176 Å². The first-order valence-corrected chi connectivity index (χ1v) is 38.3. The molecule has 0 saturated heterocycles. The molecule has 546 valence electrons. The average Bonchev–Trinajstić information content (AvgIpc) is 1.57. The number of urea groups is 4. The number of benzene rings is 4. The van der Waals surface area contributed by atoms with Gasteiger partial charge in [-0.25, -0.2) is 41.6 Å². The second kappa shape index (κ2) is 27.0. The van der Waals surface area contributed by atoms with Gasteiger partial charge in [-0.2, -0.15) is 20.4 Å². The number of halogens is 6. The van der Waals surface area contributed by atoms with E-state index >= 15 is 0 Å². The second-order valence-electron chi connectivity index (χ2n) is 31.3. The lowest BCUT2D eigenvalue weighted by atomic mass is 9.92. The molecule has 8 unspecified atom stereocenters. The maximum Gasteiger partial charge on any atom is 0.322 e. The van der Waals surface area contributed by atoms with E-state index in [4.69, 9.17) is 18.2 Å². The minimum Gasteiger partial charge on any atom is -0.320 e. The summed E-state index contributed by atoms with van der Waals surface area (Å²) in [5.74, 6) is 1.32. The van der Waals surface area contributed by atoms with Crippen molar-refractivity contribution in [2.45, 2.75) is 183 Å². The Morgan fingerprint density at radius 3 is 1.18 bits per heavy atom. The van der Waals surface area contributed by atoms with Crippen LogP contribution in [0.4, 0.5) is 65.2 Å². The van der Waals surface area contributed by atoms with Crippen molar-refractivity contribution in [3.05, 3.63) is 190 Å². The van der Waals surface area contributed by atoms with Crippen LogP contribution < -0.4 is 21.3 Å². The summed E-state index contributed by atoms with van der Waals surface area (Å²) in [4.78, 5) is 61.1. The number of hydrogen-bond donors (Lipinski definition) is 8. The quantitative estimate of drug-likeness (QED) is 0.0535.